The van der Waals surface area contributed by atoms with Crippen molar-refractivity contribution < 1.29 is 4.74 Å². The molecule has 0 saturated carbocycles. The molecule has 0 spiro atoms. The first-order chi connectivity index (χ1) is 9.74. The van der Waals surface area contributed by atoms with Crippen molar-refractivity contribution in [2.45, 2.75) is 20.0 Å². The quantitative estimate of drug-likeness (QED) is 0.876. The molecule has 0 heterocycles. The molecule has 0 amide bonds. The second-order valence-electron chi connectivity index (χ2n) is 4.77. The Kier molecular flexibility index (Phi) is 5.02. The number of hydrogen-bond acceptors (Lipinski definition) is 3. The van der Waals surface area contributed by atoms with Gasteiger partial charge in [0.15, 0.2) is 0 Å². The molecule has 2 aromatic carbocycles. The van der Waals surface area contributed by atoms with Crippen molar-refractivity contribution in [2.24, 2.45) is 5.73 Å². The van der Waals surface area contributed by atoms with Crippen molar-refractivity contribution in [1.29, 1.82) is 0 Å². The Hall–Kier alpha value is -2.00. The van der Waals surface area contributed by atoms with Gasteiger partial charge in [-0.3, -0.25) is 0 Å². The van der Waals surface area contributed by atoms with Crippen LogP contribution >= 0.6 is 0 Å². The number of benzene rings is 2. The Bertz CT molecular complexity index is 540. The molecule has 2 N–H and O–H groups in total. The first-order valence-corrected chi connectivity index (χ1v) is 6.95. The van der Waals surface area contributed by atoms with E-state index in [1.807, 2.05) is 13.0 Å². The van der Waals surface area contributed by atoms with Gasteiger partial charge in [0, 0.05) is 31.4 Å². The van der Waals surface area contributed by atoms with E-state index in [4.69, 9.17) is 10.5 Å². The average Bonchev–Trinajstić information content (AvgIpc) is 2.49. The highest BCUT2D eigenvalue weighted by molar-refractivity contribution is 5.47. The highest BCUT2D eigenvalue weighted by Gasteiger charge is 2.06. The molecule has 0 aliphatic rings. The summed E-state index contributed by atoms with van der Waals surface area (Å²) in [6.45, 7) is 3.99. The zero-order chi connectivity index (χ0) is 14.4. The lowest BCUT2D eigenvalue weighted by molar-refractivity contribution is 0.336. The second kappa shape index (κ2) is 6.96. The lowest BCUT2D eigenvalue weighted by Crippen LogP contribution is -2.16. The van der Waals surface area contributed by atoms with Gasteiger partial charge in [-0.15, -0.1) is 0 Å². The van der Waals surface area contributed by atoms with Gasteiger partial charge in [0.05, 0.1) is 6.61 Å². The predicted octanol–water partition coefficient (Wildman–Crippen LogP) is 3.18. The van der Waals surface area contributed by atoms with E-state index in [2.05, 4.69) is 54.4 Å². The molecule has 106 valence electrons. The van der Waals surface area contributed by atoms with Crippen LogP contribution in [0.5, 0.6) is 5.75 Å². The van der Waals surface area contributed by atoms with Crippen molar-refractivity contribution in [3.05, 3.63) is 59.7 Å². The third kappa shape index (κ3) is 3.52. The van der Waals surface area contributed by atoms with Crippen LogP contribution in [0.3, 0.4) is 0 Å². The maximum Gasteiger partial charge on any atom is 0.124 e. The van der Waals surface area contributed by atoms with Crippen LogP contribution in [0.4, 0.5) is 5.69 Å². The minimum Gasteiger partial charge on any atom is -0.494 e. The van der Waals surface area contributed by atoms with Crippen molar-refractivity contribution in [2.75, 3.05) is 18.6 Å². The molecule has 2 aromatic rings. The van der Waals surface area contributed by atoms with Gasteiger partial charge >= 0.3 is 0 Å². The Morgan fingerprint density at radius 1 is 1.10 bits per heavy atom. The van der Waals surface area contributed by atoms with Crippen molar-refractivity contribution >= 4 is 5.69 Å². The van der Waals surface area contributed by atoms with Crippen LogP contribution in [-0.2, 0) is 13.1 Å². The number of rotatable bonds is 6. The third-order valence-corrected chi connectivity index (χ3v) is 3.27. The van der Waals surface area contributed by atoms with Crippen LogP contribution in [0.2, 0.25) is 0 Å². The van der Waals surface area contributed by atoms with Crippen LogP contribution < -0.4 is 15.4 Å². The molecule has 0 aliphatic carbocycles. The van der Waals surface area contributed by atoms with Gasteiger partial charge < -0.3 is 15.4 Å². The first kappa shape index (κ1) is 14.4. The van der Waals surface area contributed by atoms with E-state index < -0.39 is 0 Å². The van der Waals surface area contributed by atoms with E-state index in [1.54, 1.807) is 0 Å². The molecule has 0 unspecified atom stereocenters. The standard InChI is InChI=1S/C17H22N2O/c1-3-20-17-11-14(9-10-15(17)12-18)13-19(2)16-7-5-4-6-8-16/h4-11H,3,12-13,18H2,1-2H3. The molecule has 0 atom stereocenters. The highest BCUT2D eigenvalue weighted by atomic mass is 16.5. The van der Waals surface area contributed by atoms with Crippen molar-refractivity contribution in [3.8, 4) is 5.75 Å². The lowest BCUT2D eigenvalue weighted by Gasteiger charge is -2.20. The maximum atomic E-state index is 5.73. The predicted molar refractivity (Wildman–Crippen MR) is 84.1 cm³/mol. The number of para-hydroxylation sites is 1. The van der Waals surface area contributed by atoms with Gasteiger partial charge in [-0.25, -0.2) is 0 Å². The van der Waals surface area contributed by atoms with Gasteiger partial charge in [0.2, 0.25) is 0 Å². The van der Waals surface area contributed by atoms with Gasteiger partial charge in [-0.1, -0.05) is 30.3 Å². The Labute approximate surface area is 121 Å². The minimum absolute atomic E-state index is 0.504. The maximum absolute atomic E-state index is 5.73. The van der Waals surface area contributed by atoms with Gasteiger partial charge in [-0.2, -0.15) is 0 Å². The molecule has 0 radical (unpaired) electrons. The van der Waals surface area contributed by atoms with E-state index in [0.717, 1.165) is 17.9 Å². The fourth-order valence-electron chi connectivity index (χ4n) is 2.20. The molecular formula is C17H22N2O. The van der Waals surface area contributed by atoms with Crippen LogP contribution in [0.15, 0.2) is 48.5 Å². The summed E-state index contributed by atoms with van der Waals surface area (Å²) in [5, 5.41) is 0. The monoisotopic (exact) mass is 270 g/mol. The van der Waals surface area contributed by atoms with Crippen molar-refractivity contribution in [3.63, 3.8) is 0 Å². The van der Waals surface area contributed by atoms with Crippen LogP contribution in [-0.4, -0.2) is 13.7 Å². The normalized spacial score (nSPS) is 10.3. The van der Waals surface area contributed by atoms with E-state index in [1.165, 1.54) is 11.3 Å². The molecule has 20 heavy (non-hydrogen) atoms. The molecule has 0 bridgehead atoms. The molecular weight excluding hydrogens is 248 g/mol. The molecule has 0 fully saturated rings. The lowest BCUT2D eigenvalue weighted by atomic mass is 10.1. The molecule has 3 nitrogen and oxygen atoms in total. The first-order valence-electron chi connectivity index (χ1n) is 6.95. The van der Waals surface area contributed by atoms with E-state index in [-0.39, 0.29) is 0 Å². The summed E-state index contributed by atoms with van der Waals surface area (Å²) < 4.78 is 5.66. The summed E-state index contributed by atoms with van der Waals surface area (Å²) in [7, 11) is 2.09. The number of nitrogens with two attached hydrogens (primary N) is 1. The zero-order valence-corrected chi connectivity index (χ0v) is 12.2. The average molecular weight is 270 g/mol. The number of ether oxygens (including phenoxy) is 1. The summed E-state index contributed by atoms with van der Waals surface area (Å²) in [4.78, 5) is 2.22. The largest absolute Gasteiger partial charge is 0.494 e. The Morgan fingerprint density at radius 3 is 2.50 bits per heavy atom. The second-order valence-corrected chi connectivity index (χ2v) is 4.77. The molecule has 2 rings (SSSR count). The summed E-state index contributed by atoms with van der Waals surface area (Å²) in [5.41, 5.74) is 9.21. The summed E-state index contributed by atoms with van der Waals surface area (Å²) in [5.74, 6) is 0.897. The number of hydrogen-bond donors (Lipinski definition) is 1. The Morgan fingerprint density at radius 2 is 1.85 bits per heavy atom. The third-order valence-electron chi connectivity index (χ3n) is 3.27. The molecule has 0 aliphatic heterocycles. The summed E-state index contributed by atoms with van der Waals surface area (Å²) in [6, 6.07) is 16.6. The summed E-state index contributed by atoms with van der Waals surface area (Å²) in [6.07, 6.45) is 0. The summed E-state index contributed by atoms with van der Waals surface area (Å²) >= 11 is 0. The van der Waals surface area contributed by atoms with Crippen LogP contribution in [0, 0.1) is 0 Å². The number of nitrogens with zero attached hydrogens (tertiary/aromatic N) is 1. The molecule has 0 saturated heterocycles. The van der Waals surface area contributed by atoms with Gasteiger partial charge in [-0.05, 0) is 30.7 Å². The zero-order valence-electron chi connectivity index (χ0n) is 12.2. The van der Waals surface area contributed by atoms with Crippen molar-refractivity contribution in [1.82, 2.24) is 0 Å². The SMILES string of the molecule is CCOc1cc(CN(C)c2ccccc2)ccc1CN. The highest BCUT2D eigenvalue weighted by Crippen LogP contribution is 2.22. The fourth-order valence-corrected chi connectivity index (χ4v) is 2.20. The van der Waals surface area contributed by atoms with E-state index >= 15 is 0 Å². The molecule has 3 heteroatoms. The van der Waals surface area contributed by atoms with Crippen LogP contribution in [0.1, 0.15) is 18.1 Å². The Balaban J connectivity index is 2.15. The molecule has 0 aromatic heterocycles. The van der Waals surface area contributed by atoms with Gasteiger partial charge in [0.25, 0.3) is 0 Å². The van der Waals surface area contributed by atoms with E-state index in [9.17, 15) is 0 Å². The fraction of sp³-hybridized carbons (Fsp3) is 0.294. The van der Waals surface area contributed by atoms with E-state index in [0.29, 0.717) is 13.2 Å². The van der Waals surface area contributed by atoms with Crippen LogP contribution in [0.25, 0.3) is 0 Å². The minimum atomic E-state index is 0.504. The smallest absolute Gasteiger partial charge is 0.124 e. The topological polar surface area (TPSA) is 38.5 Å². The van der Waals surface area contributed by atoms with Gasteiger partial charge in [0.1, 0.15) is 5.75 Å². The number of anilines is 1.